The first-order chi connectivity index (χ1) is 43.0. The number of oxime groups is 1. The molecule has 0 bridgehead atoms. The fourth-order valence-electron chi connectivity index (χ4n) is 9.82. The van der Waals surface area contributed by atoms with Gasteiger partial charge in [-0.25, -0.2) is 9.78 Å². The number of hydrogen-bond donors (Lipinski definition) is 2. The van der Waals surface area contributed by atoms with Crippen molar-refractivity contribution >= 4 is 98.2 Å². The normalized spacial score (nSPS) is 14.7. The van der Waals surface area contributed by atoms with E-state index in [2.05, 4.69) is 25.4 Å². The fourth-order valence-corrected chi connectivity index (χ4v) is 14.0. The fraction of sp³-hybridized carbons (Fsp3) is 0.185. The Morgan fingerprint density at radius 3 is 1.80 bits per heavy atom. The van der Waals surface area contributed by atoms with Crippen molar-refractivity contribution in [3.05, 3.63) is 247 Å². The zero-order valence-electron chi connectivity index (χ0n) is 47.4. The number of amides is 2. The van der Waals surface area contributed by atoms with E-state index in [1.54, 1.807) is 63.2 Å². The standard InChI is InChI=1S/C65H55Cl2N7O10S4/c1-78-48-25-19-40(20-26-48)33-81-58-51(66)31-43(54(67)59(58)82-34-41-21-27-49(79-2)28-22-41)36-84-72-55(52-39-87-64(69-52)71-65(45-13-7-4-8-14-45,46-15-9-5-10-16-46)47-17-11-6-12-18-47)60(75)70-56-61(76)74-57(63(77)83-35-42-23-29-50(80-3)30-24-42)44(38-86-62(56)74)37-85-53-32-68-73-88-53/h4-32,39,56,62H,33-38H2,1-3H3,(H,69,71)(H,70,75)/b72-55-/t56?,62-/m0/s1. The average Bonchev–Trinajstić information content (AvgIpc) is 2.37. The summed E-state index contributed by atoms with van der Waals surface area (Å²) in [6, 6.07) is 52.4. The number of thioether (sulfide) groups is 2. The Hall–Kier alpha value is -8.57. The Bertz CT molecular complexity index is 3850. The molecule has 17 nitrogen and oxygen atoms in total. The highest BCUT2D eigenvalue weighted by molar-refractivity contribution is 8.01. The number of nitrogens with one attached hydrogen (secondary N) is 2. The highest BCUT2D eigenvalue weighted by Crippen LogP contribution is 2.46. The van der Waals surface area contributed by atoms with E-state index in [1.807, 2.05) is 140 Å². The van der Waals surface area contributed by atoms with Gasteiger partial charge < -0.3 is 43.9 Å². The molecule has 1 fully saturated rings. The van der Waals surface area contributed by atoms with E-state index in [-0.39, 0.29) is 65.1 Å². The summed E-state index contributed by atoms with van der Waals surface area (Å²) in [5.74, 6) is 1.07. The minimum Gasteiger partial charge on any atom is -0.497 e. The molecule has 1 unspecified atom stereocenters. The van der Waals surface area contributed by atoms with Crippen molar-refractivity contribution in [2.75, 3.05) is 38.2 Å². The van der Waals surface area contributed by atoms with Gasteiger partial charge in [0.15, 0.2) is 22.3 Å². The molecule has 0 spiro atoms. The number of fused-ring (bicyclic) bond motifs is 1. The van der Waals surface area contributed by atoms with Gasteiger partial charge in [-0.05, 0) is 93.0 Å². The van der Waals surface area contributed by atoms with Gasteiger partial charge >= 0.3 is 5.97 Å². The van der Waals surface area contributed by atoms with E-state index in [9.17, 15) is 9.59 Å². The predicted molar refractivity (Wildman–Crippen MR) is 343 cm³/mol. The van der Waals surface area contributed by atoms with Crippen LogP contribution in [-0.2, 0) is 55.9 Å². The summed E-state index contributed by atoms with van der Waals surface area (Å²) in [6.45, 7) is -0.183. The van der Waals surface area contributed by atoms with Crippen LogP contribution in [0, 0.1) is 0 Å². The molecule has 0 saturated carbocycles. The van der Waals surface area contributed by atoms with Crippen LogP contribution in [0.15, 0.2) is 202 Å². The van der Waals surface area contributed by atoms with Gasteiger partial charge in [-0.15, -0.1) is 40.0 Å². The monoisotopic (exact) mass is 1290 g/mol. The molecule has 2 aliphatic rings. The van der Waals surface area contributed by atoms with Crippen LogP contribution < -0.4 is 34.3 Å². The van der Waals surface area contributed by atoms with Crippen LogP contribution in [0.4, 0.5) is 5.13 Å². The molecule has 11 rings (SSSR count). The summed E-state index contributed by atoms with van der Waals surface area (Å²) >= 11 is 19.6. The van der Waals surface area contributed by atoms with E-state index < -0.39 is 34.7 Å². The van der Waals surface area contributed by atoms with Gasteiger partial charge in [-0.1, -0.05) is 160 Å². The zero-order chi connectivity index (χ0) is 61.0. The molecule has 23 heteroatoms. The van der Waals surface area contributed by atoms with Gasteiger partial charge in [-0.3, -0.25) is 14.5 Å². The van der Waals surface area contributed by atoms with Crippen molar-refractivity contribution in [1.82, 2.24) is 24.8 Å². The van der Waals surface area contributed by atoms with Crippen molar-refractivity contribution < 1.29 is 47.6 Å². The lowest BCUT2D eigenvalue weighted by Gasteiger charge is -2.49. The molecule has 9 aromatic rings. The van der Waals surface area contributed by atoms with Gasteiger partial charge in [0.05, 0.1) is 37.6 Å². The Morgan fingerprint density at radius 2 is 1.26 bits per heavy atom. The first-order valence-electron chi connectivity index (χ1n) is 27.3. The highest BCUT2D eigenvalue weighted by atomic mass is 35.5. The van der Waals surface area contributed by atoms with Crippen LogP contribution in [0.3, 0.4) is 0 Å². The number of anilines is 1. The number of ether oxygens (including phenoxy) is 6. The van der Waals surface area contributed by atoms with Gasteiger partial charge in [0.1, 0.15) is 76.2 Å². The maximum atomic E-state index is 15.1. The van der Waals surface area contributed by atoms with Gasteiger partial charge in [-0.2, -0.15) is 0 Å². The van der Waals surface area contributed by atoms with Crippen LogP contribution in [0.1, 0.15) is 44.6 Å². The van der Waals surface area contributed by atoms with E-state index in [4.69, 9.17) is 61.4 Å². The maximum absolute atomic E-state index is 15.1. The molecule has 448 valence electrons. The predicted octanol–water partition coefficient (Wildman–Crippen LogP) is 13.0. The lowest BCUT2D eigenvalue weighted by Crippen LogP contribution is -2.71. The molecule has 1 saturated heterocycles. The second kappa shape index (κ2) is 28.5. The quantitative estimate of drug-likeness (QED) is 0.0130. The highest BCUT2D eigenvalue weighted by Gasteiger charge is 2.55. The summed E-state index contributed by atoms with van der Waals surface area (Å²) in [4.78, 5) is 56.5. The number of hydrogen-bond acceptors (Lipinski definition) is 19. The van der Waals surface area contributed by atoms with Crippen molar-refractivity contribution in [1.29, 1.82) is 0 Å². The summed E-state index contributed by atoms with van der Waals surface area (Å²) in [5, 5.41) is 16.9. The first kappa shape index (κ1) is 61.1. The average molecular weight is 1290 g/mol. The molecule has 7 aromatic carbocycles. The van der Waals surface area contributed by atoms with E-state index in [1.165, 1.54) is 51.3 Å². The second-order valence-corrected chi connectivity index (χ2v) is 24.6. The smallest absolute Gasteiger partial charge is 0.355 e. The van der Waals surface area contributed by atoms with Crippen LogP contribution in [-0.4, -0.2) is 87.2 Å². The number of methoxy groups -OCH3 is 3. The van der Waals surface area contributed by atoms with Crippen molar-refractivity contribution in [3.8, 4) is 28.7 Å². The minimum absolute atomic E-state index is 0.0586. The molecule has 2 N–H and O–H groups in total. The third-order valence-electron chi connectivity index (χ3n) is 14.3. The minimum atomic E-state index is -1.10. The van der Waals surface area contributed by atoms with Crippen LogP contribution in [0.25, 0.3) is 0 Å². The van der Waals surface area contributed by atoms with E-state index in [0.717, 1.165) is 37.6 Å². The topological polar surface area (TPSA) is 194 Å². The van der Waals surface area contributed by atoms with Gasteiger partial charge in [0, 0.05) is 22.4 Å². The number of halogens is 2. The number of carbonyl (C=O) groups excluding carboxylic acids is 3. The summed E-state index contributed by atoms with van der Waals surface area (Å²) in [6.07, 6.45) is 1.64. The number of rotatable bonds is 26. The SMILES string of the molecule is COc1ccc(COC(=O)C2=C(CSc3cnns3)CS[C@H]3C(NC(=O)/C(=N\OCc4cc(Cl)c(OCc5ccc(OC)cc5)c(OCc5ccc(OC)cc5)c4Cl)c4csc(NC(c5ccccc5)(c5ccccc5)c5ccccc5)n4)C(=O)N23)cc1. The molecule has 2 amide bonds. The number of thiazole rings is 1. The first-order valence-corrected chi connectivity index (χ1v) is 31.8. The van der Waals surface area contributed by atoms with Crippen molar-refractivity contribution in [2.24, 2.45) is 5.16 Å². The van der Waals surface area contributed by atoms with E-state index >= 15 is 4.79 Å². The molecule has 0 aliphatic carbocycles. The molecule has 88 heavy (non-hydrogen) atoms. The third-order valence-corrected chi connectivity index (χ3v) is 19.0. The Morgan fingerprint density at radius 1 is 0.716 bits per heavy atom. The Kier molecular flexibility index (Phi) is 19.8. The number of benzene rings is 7. The lowest BCUT2D eigenvalue weighted by atomic mass is 9.77. The van der Waals surface area contributed by atoms with Gasteiger partial charge in [0.25, 0.3) is 11.8 Å². The van der Waals surface area contributed by atoms with Gasteiger partial charge in [0.2, 0.25) is 0 Å². The van der Waals surface area contributed by atoms with Crippen LogP contribution in [0.5, 0.6) is 28.7 Å². The molecule has 4 heterocycles. The molecule has 0 radical (unpaired) electrons. The third kappa shape index (κ3) is 13.7. The van der Waals surface area contributed by atoms with E-state index in [0.29, 0.717) is 45.0 Å². The molecule has 2 aliphatic heterocycles. The largest absolute Gasteiger partial charge is 0.497 e. The Balaban J connectivity index is 0.913. The number of β-lactam (4-membered cyclic amide) rings is 1. The number of esters is 1. The summed E-state index contributed by atoms with van der Waals surface area (Å²) in [5.41, 5.74) is 5.18. The lowest BCUT2D eigenvalue weighted by molar-refractivity contribution is -0.153. The molecular formula is C65H55Cl2N7O10S4. The zero-order valence-corrected chi connectivity index (χ0v) is 52.2. The maximum Gasteiger partial charge on any atom is 0.355 e. The molecule has 2 atom stereocenters. The van der Waals surface area contributed by atoms with Crippen molar-refractivity contribution in [2.45, 2.75) is 47.6 Å². The summed E-state index contributed by atoms with van der Waals surface area (Å²) in [7, 11) is 4.75. The Labute approximate surface area is 534 Å². The number of aromatic nitrogens is 3. The summed E-state index contributed by atoms with van der Waals surface area (Å²) < 4.78 is 39.4. The van der Waals surface area contributed by atoms with Crippen molar-refractivity contribution in [3.63, 3.8) is 0 Å². The van der Waals surface area contributed by atoms with Crippen LogP contribution in [0.2, 0.25) is 10.0 Å². The second-order valence-electron chi connectivity index (χ2n) is 19.8. The van der Waals surface area contributed by atoms with Crippen LogP contribution >= 0.6 is 69.6 Å². The molecule has 2 aromatic heterocycles. The molecular weight excluding hydrogens is 1240 g/mol. The number of nitrogens with zero attached hydrogens (tertiary/aromatic N) is 5. The number of carbonyl (C=O) groups is 3.